The molecule has 0 saturated carbocycles. The minimum atomic E-state index is 0.149. The van der Waals surface area contributed by atoms with E-state index in [1.807, 2.05) is 43.4 Å². The summed E-state index contributed by atoms with van der Waals surface area (Å²) in [5, 5.41) is 0.865. The molecule has 0 saturated heterocycles. The first-order valence-electron chi connectivity index (χ1n) is 9.68. The van der Waals surface area contributed by atoms with Gasteiger partial charge in [0, 0.05) is 14.1 Å². The fourth-order valence-electron chi connectivity index (χ4n) is 3.94. The van der Waals surface area contributed by atoms with Crippen LogP contribution in [0.1, 0.15) is 30.0 Å². The number of carbonyl (C=O) groups excluding carboxylic acids is 1. The summed E-state index contributed by atoms with van der Waals surface area (Å²) in [5.74, 6) is 0.546. The maximum Gasteiger partial charge on any atom is 0.233 e. The molecule has 0 radical (unpaired) electrons. The molecule has 0 aliphatic heterocycles. The molecule has 4 nitrogen and oxygen atoms in total. The number of nitrogens with zero attached hydrogens (tertiary/aromatic N) is 3. The molecule has 1 amide bonds. The topological polar surface area (TPSA) is 38.1 Å². The molecule has 28 heavy (non-hydrogen) atoms. The maximum absolute atomic E-state index is 12.9. The number of fused-ring (bicyclic) bond motifs is 1. The van der Waals surface area contributed by atoms with Gasteiger partial charge in [-0.15, -0.1) is 0 Å². The molecule has 1 atom stereocenters. The van der Waals surface area contributed by atoms with Crippen molar-refractivity contribution in [3.05, 3.63) is 71.9 Å². The lowest BCUT2D eigenvalue weighted by atomic mass is 9.87. The zero-order chi connectivity index (χ0) is 19.5. The van der Waals surface area contributed by atoms with Gasteiger partial charge in [-0.3, -0.25) is 4.79 Å². The lowest BCUT2D eigenvalue weighted by Gasteiger charge is -2.33. The molecule has 0 bridgehead atoms. The van der Waals surface area contributed by atoms with Crippen molar-refractivity contribution in [1.82, 2.24) is 14.5 Å². The molecule has 1 aliphatic rings. The Morgan fingerprint density at radius 3 is 2.75 bits per heavy atom. The summed E-state index contributed by atoms with van der Waals surface area (Å²) in [6, 6.07) is 18.9. The first kappa shape index (κ1) is 18.8. The Bertz CT molecular complexity index is 967. The molecular weight excluding hydrogens is 366 g/mol. The van der Waals surface area contributed by atoms with Gasteiger partial charge in [-0.05, 0) is 36.0 Å². The van der Waals surface area contributed by atoms with Crippen molar-refractivity contribution in [2.45, 2.75) is 30.5 Å². The number of carbonyl (C=O) groups is 1. The van der Waals surface area contributed by atoms with Crippen molar-refractivity contribution < 1.29 is 4.79 Å². The largest absolute Gasteiger partial charge is 0.338 e. The third-order valence-electron chi connectivity index (χ3n) is 5.54. The van der Waals surface area contributed by atoms with Crippen LogP contribution in [0.2, 0.25) is 0 Å². The van der Waals surface area contributed by atoms with E-state index >= 15 is 0 Å². The zero-order valence-corrected chi connectivity index (χ0v) is 17.2. The van der Waals surface area contributed by atoms with Crippen LogP contribution in [-0.2, 0) is 18.3 Å². The van der Waals surface area contributed by atoms with Crippen LogP contribution in [0.4, 0.5) is 0 Å². The standard InChI is InChI=1S/C23H25N3OS/c1-25(20-14-8-12-17-9-6-7-13-19(17)20)22(27)16-28-23-24-15-21(26(23)2)18-10-4-3-5-11-18/h3-7,9-11,13,15,20H,8,12,14,16H2,1-2H3. The number of imidazole rings is 1. The summed E-state index contributed by atoms with van der Waals surface area (Å²) in [5.41, 5.74) is 4.87. The number of hydrogen-bond donors (Lipinski definition) is 0. The molecule has 3 aromatic rings. The molecule has 1 aliphatic carbocycles. The molecule has 5 heteroatoms. The Hall–Kier alpha value is -2.53. The van der Waals surface area contributed by atoms with Gasteiger partial charge in [-0.1, -0.05) is 66.4 Å². The first-order valence-corrected chi connectivity index (χ1v) is 10.7. The smallest absolute Gasteiger partial charge is 0.233 e. The summed E-state index contributed by atoms with van der Waals surface area (Å²) < 4.78 is 2.06. The van der Waals surface area contributed by atoms with Crippen LogP contribution in [0.5, 0.6) is 0 Å². The SMILES string of the molecule is CN(C(=O)CSc1ncc(-c2ccccc2)n1C)C1CCCc2ccccc21. The summed E-state index contributed by atoms with van der Waals surface area (Å²) in [6.45, 7) is 0. The average Bonchev–Trinajstić information content (AvgIpc) is 3.12. The number of thioether (sulfide) groups is 1. The Morgan fingerprint density at radius 2 is 1.93 bits per heavy atom. The lowest BCUT2D eigenvalue weighted by Crippen LogP contribution is -2.34. The van der Waals surface area contributed by atoms with Crippen LogP contribution >= 0.6 is 11.8 Å². The van der Waals surface area contributed by atoms with Crippen molar-refractivity contribution in [3.63, 3.8) is 0 Å². The van der Waals surface area contributed by atoms with E-state index in [-0.39, 0.29) is 11.9 Å². The summed E-state index contributed by atoms with van der Waals surface area (Å²) in [6.07, 6.45) is 5.15. The molecule has 2 aromatic carbocycles. The second kappa shape index (κ2) is 8.23. The minimum absolute atomic E-state index is 0.149. The molecule has 0 fully saturated rings. The number of hydrogen-bond acceptors (Lipinski definition) is 3. The number of aryl methyl sites for hydroxylation is 1. The minimum Gasteiger partial charge on any atom is -0.338 e. The highest BCUT2D eigenvalue weighted by atomic mass is 32.2. The second-order valence-corrected chi connectivity index (χ2v) is 8.19. The molecule has 0 spiro atoms. The van der Waals surface area contributed by atoms with Gasteiger partial charge in [0.15, 0.2) is 5.16 Å². The van der Waals surface area contributed by atoms with Gasteiger partial charge >= 0.3 is 0 Å². The van der Waals surface area contributed by atoms with Crippen LogP contribution in [0.3, 0.4) is 0 Å². The molecule has 1 aromatic heterocycles. The monoisotopic (exact) mass is 391 g/mol. The highest BCUT2D eigenvalue weighted by molar-refractivity contribution is 7.99. The third-order valence-corrected chi connectivity index (χ3v) is 6.57. The molecule has 4 rings (SSSR count). The number of rotatable bonds is 5. The van der Waals surface area contributed by atoms with E-state index in [0.717, 1.165) is 35.7 Å². The molecule has 144 valence electrons. The predicted octanol–water partition coefficient (Wildman–Crippen LogP) is 4.72. The third kappa shape index (κ3) is 3.72. The van der Waals surface area contributed by atoms with Crippen molar-refractivity contribution in [2.24, 2.45) is 7.05 Å². The zero-order valence-electron chi connectivity index (χ0n) is 16.3. The number of aromatic nitrogens is 2. The van der Waals surface area contributed by atoms with E-state index in [0.29, 0.717) is 5.75 Å². The first-order chi connectivity index (χ1) is 13.6. The summed E-state index contributed by atoms with van der Waals surface area (Å²) in [7, 11) is 3.94. The van der Waals surface area contributed by atoms with Gasteiger partial charge in [-0.25, -0.2) is 4.98 Å². The molecule has 1 heterocycles. The van der Waals surface area contributed by atoms with Gasteiger partial charge in [0.1, 0.15) is 0 Å². The van der Waals surface area contributed by atoms with E-state index in [1.54, 1.807) is 0 Å². The normalized spacial score (nSPS) is 15.9. The molecular formula is C23H25N3OS. The predicted molar refractivity (Wildman–Crippen MR) is 114 cm³/mol. The fraction of sp³-hybridized carbons (Fsp3) is 0.304. The van der Waals surface area contributed by atoms with Gasteiger partial charge in [0.2, 0.25) is 5.91 Å². The van der Waals surface area contributed by atoms with Crippen LogP contribution in [0, 0.1) is 0 Å². The molecule has 1 unspecified atom stereocenters. The lowest BCUT2D eigenvalue weighted by molar-refractivity contribution is -0.129. The Morgan fingerprint density at radius 1 is 1.18 bits per heavy atom. The Labute approximate surface area is 170 Å². The molecule has 0 N–H and O–H groups in total. The van der Waals surface area contributed by atoms with Crippen LogP contribution in [0.15, 0.2) is 66.0 Å². The van der Waals surface area contributed by atoms with E-state index in [9.17, 15) is 4.79 Å². The van der Waals surface area contributed by atoms with Gasteiger partial charge in [0.05, 0.1) is 23.7 Å². The fourth-order valence-corrected chi connectivity index (χ4v) is 4.81. The van der Waals surface area contributed by atoms with E-state index in [2.05, 4.69) is 45.9 Å². The Kier molecular flexibility index (Phi) is 5.53. The number of amides is 1. The van der Waals surface area contributed by atoms with Crippen LogP contribution in [0.25, 0.3) is 11.3 Å². The quantitative estimate of drug-likeness (QED) is 0.591. The average molecular weight is 392 g/mol. The van der Waals surface area contributed by atoms with Crippen molar-refractivity contribution in [3.8, 4) is 11.3 Å². The van der Waals surface area contributed by atoms with Crippen molar-refractivity contribution >= 4 is 17.7 Å². The van der Waals surface area contributed by atoms with E-state index in [4.69, 9.17) is 0 Å². The van der Waals surface area contributed by atoms with Crippen molar-refractivity contribution in [1.29, 1.82) is 0 Å². The highest BCUT2D eigenvalue weighted by Gasteiger charge is 2.26. The summed E-state index contributed by atoms with van der Waals surface area (Å²) in [4.78, 5) is 19.3. The van der Waals surface area contributed by atoms with Gasteiger partial charge < -0.3 is 9.47 Å². The highest BCUT2D eigenvalue weighted by Crippen LogP contribution is 2.34. The van der Waals surface area contributed by atoms with E-state index in [1.165, 1.54) is 22.9 Å². The second-order valence-electron chi connectivity index (χ2n) is 7.25. The number of benzene rings is 2. The van der Waals surface area contributed by atoms with Crippen LogP contribution < -0.4 is 0 Å². The van der Waals surface area contributed by atoms with Gasteiger partial charge in [0.25, 0.3) is 0 Å². The Balaban J connectivity index is 1.43. The maximum atomic E-state index is 12.9. The van der Waals surface area contributed by atoms with Crippen LogP contribution in [-0.4, -0.2) is 33.2 Å². The van der Waals surface area contributed by atoms with Gasteiger partial charge in [-0.2, -0.15) is 0 Å². The summed E-state index contributed by atoms with van der Waals surface area (Å²) >= 11 is 1.50. The van der Waals surface area contributed by atoms with Crippen molar-refractivity contribution in [2.75, 3.05) is 12.8 Å². The van der Waals surface area contributed by atoms with E-state index < -0.39 is 0 Å².